The Morgan fingerprint density at radius 2 is 1.85 bits per heavy atom. The Bertz CT molecular complexity index is 538. The van der Waals surface area contributed by atoms with Gasteiger partial charge in [0.25, 0.3) is 0 Å². The van der Waals surface area contributed by atoms with Gasteiger partial charge in [0, 0.05) is 19.7 Å². The molecule has 0 aliphatic carbocycles. The van der Waals surface area contributed by atoms with E-state index in [2.05, 4.69) is 0 Å². The molecular weight excluding hydrogens is 282 g/mol. The summed E-state index contributed by atoms with van der Waals surface area (Å²) in [5.74, 6) is -1.09. The molecule has 1 N–H and O–H groups in total. The van der Waals surface area contributed by atoms with Crippen LogP contribution in [0.4, 0.5) is 0 Å². The number of carbonyl (C=O) groups is 1. The predicted octanol–water partition coefficient (Wildman–Crippen LogP) is 1.43. The minimum absolute atomic E-state index is 0.0568. The van der Waals surface area contributed by atoms with Gasteiger partial charge in [-0.2, -0.15) is 4.31 Å². The highest BCUT2D eigenvalue weighted by Crippen LogP contribution is 2.16. The Kier molecular flexibility index (Phi) is 6.12. The molecule has 0 aliphatic rings. The maximum Gasteiger partial charge on any atom is 0.335 e. The molecule has 0 saturated heterocycles. The van der Waals surface area contributed by atoms with Crippen LogP contribution in [0.15, 0.2) is 29.2 Å². The van der Waals surface area contributed by atoms with Gasteiger partial charge in [0.15, 0.2) is 0 Å². The van der Waals surface area contributed by atoms with Crippen molar-refractivity contribution in [3.63, 3.8) is 0 Å². The summed E-state index contributed by atoms with van der Waals surface area (Å²) in [5, 5.41) is 8.80. The summed E-state index contributed by atoms with van der Waals surface area (Å²) in [5.41, 5.74) is 0.0568. The van der Waals surface area contributed by atoms with Gasteiger partial charge in [0.2, 0.25) is 10.0 Å². The van der Waals surface area contributed by atoms with E-state index in [4.69, 9.17) is 9.84 Å². The van der Waals surface area contributed by atoms with E-state index in [1.54, 1.807) is 6.92 Å². The van der Waals surface area contributed by atoms with Gasteiger partial charge in [-0.25, -0.2) is 13.2 Å². The second kappa shape index (κ2) is 7.37. The topological polar surface area (TPSA) is 83.9 Å². The van der Waals surface area contributed by atoms with Crippen LogP contribution in [0.25, 0.3) is 0 Å². The first kappa shape index (κ1) is 16.6. The van der Waals surface area contributed by atoms with Crippen LogP contribution in [0.2, 0.25) is 0 Å². The van der Waals surface area contributed by atoms with E-state index in [9.17, 15) is 13.2 Å². The summed E-state index contributed by atoms with van der Waals surface area (Å²) in [7, 11) is -3.61. The highest BCUT2D eigenvalue weighted by molar-refractivity contribution is 7.89. The molecule has 112 valence electrons. The standard InChI is InChI=1S/C13H19NO5S/c1-3-14(9-10-19-4-2)20(17,18)12-7-5-11(6-8-12)13(15)16/h5-8H,3-4,9-10H2,1-2H3,(H,15,16). The number of aromatic carboxylic acids is 1. The first-order chi connectivity index (χ1) is 9.43. The van der Waals surface area contributed by atoms with Crippen molar-refractivity contribution < 1.29 is 23.1 Å². The summed E-state index contributed by atoms with van der Waals surface area (Å²) in [6.45, 7) is 5.05. The maximum atomic E-state index is 12.4. The molecule has 0 aliphatic heterocycles. The molecule has 7 heteroatoms. The summed E-state index contributed by atoms with van der Waals surface area (Å²) in [6, 6.07) is 5.18. The van der Waals surface area contributed by atoms with Gasteiger partial charge in [-0.1, -0.05) is 6.92 Å². The number of likely N-dealkylation sites (N-methyl/N-ethyl adjacent to an activating group) is 1. The molecule has 20 heavy (non-hydrogen) atoms. The van der Waals surface area contributed by atoms with Gasteiger partial charge in [-0.05, 0) is 31.2 Å². The van der Waals surface area contributed by atoms with E-state index >= 15 is 0 Å². The molecule has 6 nitrogen and oxygen atoms in total. The molecule has 0 bridgehead atoms. The second-order valence-electron chi connectivity index (χ2n) is 4.02. The van der Waals surface area contributed by atoms with Crippen molar-refractivity contribution in [2.45, 2.75) is 18.7 Å². The van der Waals surface area contributed by atoms with E-state index in [1.807, 2.05) is 6.92 Å². The van der Waals surface area contributed by atoms with Crippen LogP contribution >= 0.6 is 0 Å². The first-order valence-corrected chi connectivity index (χ1v) is 7.78. The van der Waals surface area contributed by atoms with Crippen LogP contribution < -0.4 is 0 Å². The lowest BCUT2D eigenvalue weighted by molar-refractivity contribution is 0.0696. The number of hydrogen-bond acceptors (Lipinski definition) is 4. The summed E-state index contributed by atoms with van der Waals surface area (Å²) in [4.78, 5) is 10.8. The van der Waals surface area contributed by atoms with Gasteiger partial charge >= 0.3 is 5.97 Å². The number of ether oxygens (including phenoxy) is 1. The normalized spacial score (nSPS) is 11.8. The molecule has 0 heterocycles. The largest absolute Gasteiger partial charge is 0.478 e. The van der Waals surface area contributed by atoms with Crippen molar-refractivity contribution in [2.24, 2.45) is 0 Å². The molecule has 1 rings (SSSR count). The average molecular weight is 301 g/mol. The minimum atomic E-state index is -3.61. The SMILES string of the molecule is CCOCCN(CC)S(=O)(=O)c1ccc(C(=O)O)cc1. The molecule has 0 radical (unpaired) electrons. The summed E-state index contributed by atoms with van der Waals surface area (Å²) < 4.78 is 31.2. The zero-order valence-corrected chi connectivity index (χ0v) is 12.4. The van der Waals surface area contributed by atoms with Crippen molar-refractivity contribution in [1.82, 2.24) is 4.31 Å². The van der Waals surface area contributed by atoms with Gasteiger partial charge < -0.3 is 9.84 Å². The fourth-order valence-corrected chi connectivity index (χ4v) is 3.11. The Labute approximate surface area is 119 Å². The number of carboxylic acids is 1. The fourth-order valence-electron chi connectivity index (χ4n) is 1.68. The lowest BCUT2D eigenvalue weighted by Gasteiger charge is -2.20. The molecule has 0 saturated carbocycles. The summed E-state index contributed by atoms with van der Waals surface area (Å²) in [6.07, 6.45) is 0. The lowest BCUT2D eigenvalue weighted by atomic mass is 10.2. The van der Waals surface area contributed by atoms with Crippen LogP contribution in [0.1, 0.15) is 24.2 Å². The third-order valence-corrected chi connectivity index (χ3v) is 4.77. The Morgan fingerprint density at radius 3 is 2.30 bits per heavy atom. The lowest BCUT2D eigenvalue weighted by Crippen LogP contribution is -2.34. The number of nitrogens with zero attached hydrogens (tertiary/aromatic N) is 1. The third-order valence-electron chi connectivity index (χ3n) is 2.78. The molecule has 0 atom stereocenters. The number of rotatable bonds is 8. The quantitative estimate of drug-likeness (QED) is 0.734. The van der Waals surface area contributed by atoms with Crippen LogP contribution in [-0.2, 0) is 14.8 Å². The molecule has 1 aromatic rings. The molecule has 0 aromatic heterocycles. The summed E-state index contributed by atoms with van der Waals surface area (Å²) >= 11 is 0. The molecule has 0 amide bonds. The van der Waals surface area contributed by atoms with E-state index in [0.717, 1.165) is 0 Å². The van der Waals surface area contributed by atoms with Crippen LogP contribution in [-0.4, -0.2) is 50.1 Å². The van der Waals surface area contributed by atoms with Crippen molar-refractivity contribution in [3.05, 3.63) is 29.8 Å². The van der Waals surface area contributed by atoms with E-state index in [1.165, 1.54) is 28.6 Å². The highest BCUT2D eigenvalue weighted by Gasteiger charge is 2.22. The van der Waals surface area contributed by atoms with Gasteiger partial charge in [-0.15, -0.1) is 0 Å². The molecule has 0 spiro atoms. The highest BCUT2D eigenvalue weighted by atomic mass is 32.2. The fraction of sp³-hybridized carbons (Fsp3) is 0.462. The number of benzene rings is 1. The van der Waals surface area contributed by atoms with Crippen molar-refractivity contribution in [2.75, 3.05) is 26.3 Å². The van der Waals surface area contributed by atoms with Crippen LogP contribution in [0, 0.1) is 0 Å². The average Bonchev–Trinajstić information content (AvgIpc) is 2.43. The second-order valence-corrected chi connectivity index (χ2v) is 5.96. The number of sulfonamides is 1. The van der Waals surface area contributed by atoms with Gasteiger partial charge in [0.1, 0.15) is 0 Å². The zero-order valence-electron chi connectivity index (χ0n) is 11.6. The van der Waals surface area contributed by atoms with Crippen molar-refractivity contribution in [3.8, 4) is 0 Å². The van der Waals surface area contributed by atoms with Gasteiger partial charge in [0.05, 0.1) is 17.1 Å². The van der Waals surface area contributed by atoms with Crippen molar-refractivity contribution >= 4 is 16.0 Å². The zero-order chi connectivity index (χ0) is 15.2. The number of hydrogen-bond donors (Lipinski definition) is 1. The molecule has 0 fully saturated rings. The van der Waals surface area contributed by atoms with E-state index in [-0.39, 0.29) is 17.0 Å². The molecule has 0 unspecified atom stereocenters. The Hall–Kier alpha value is -1.44. The minimum Gasteiger partial charge on any atom is -0.478 e. The van der Waals surface area contributed by atoms with Crippen LogP contribution in [0.5, 0.6) is 0 Å². The third kappa shape index (κ3) is 4.03. The van der Waals surface area contributed by atoms with Crippen LogP contribution in [0.3, 0.4) is 0 Å². The maximum absolute atomic E-state index is 12.4. The molecular formula is C13H19NO5S. The van der Waals surface area contributed by atoms with E-state index < -0.39 is 16.0 Å². The monoisotopic (exact) mass is 301 g/mol. The molecule has 1 aromatic carbocycles. The van der Waals surface area contributed by atoms with E-state index in [0.29, 0.717) is 19.8 Å². The smallest absolute Gasteiger partial charge is 0.335 e. The Balaban J connectivity index is 2.92. The first-order valence-electron chi connectivity index (χ1n) is 6.34. The number of carboxylic acid groups (broad SMARTS) is 1. The predicted molar refractivity (Wildman–Crippen MR) is 74.3 cm³/mol. The van der Waals surface area contributed by atoms with Gasteiger partial charge in [-0.3, -0.25) is 0 Å². The van der Waals surface area contributed by atoms with Crippen molar-refractivity contribution in [1.29, 1.82) is 0 Å². The Morgan fingerprint density at radius 1 is 1.25 bits per heavy atom.